The molecule has 0 unspecified atom stereocenters. The Balaban J connectivity index is 2.10. The normalized spacial score (nSPS) is 10.6. The van der Waals surface area contributed by atoms with E-state index in [1.165, 1.54) is 6.20 Å². The Kier molecular flexibility index (Phi) is 4.40. The summed E-state index contributed by atoms with van der Waals surface area (Å²) in [7, 11) is 3.94. The molecule has 6 heteroatoms. The molecule has 0 aliphatic rings. The van der Waals surface area contributed by atoms with Crippen molar-refractivity contribution in [2.24, 2.45) is 0 Å². The van der Waals surface area contributed by atoms with Crippen molar-refractivity contribution >= 4 is 49.9 Å². The van der Waals surface area contributed by atoms with E-state index in [0.717, 1.165) is 26.8 Å². The number of nitrogens with one attached hydrogen (secondary N) is 1. The molecule has 1 heterocycles. The van der Waals surface area contributed by atoms with Gasteiger partial charge in [0.1, 0.15) is 5.56 Å². The maximum absolute atomic E-state index is 11.6. The molecule has 0 saturated carbocycles. The molecule has 5 nitrogen and oxygen atoms in total. The molecule has 2 aromatic carbocycles. The number of aromatic nitrogens is 1. The number of hydrogen-bond donors (Lipinski definition) is 2. The van der Waals surface area contributed by atoms with Crippen LogP contribution < -0.4 is 10.2 Å². The lowest BCUT2D eigenvalue weighted by Crippen LogP contribution is -2.08. The van der Waals surface area contributed by atoms with Crippen LogP contribution in [0.15, 0.2) is 53.1 Å². The summed E-state index contributed by atoms with van der Waals surface area (Å²) < 4.78 is 0.866. The minimum atomic E-state index is -1.02. The number of carboxylic acids is 1. The van der Waals surface area contributed by atoms with Crippen LogP contribution >= 0.6 is 15.9 Å². The summed E-state index contributed by atoms with van der Waals surface area (Å²) in [6.45, 7) is 0. The Bertz CT molecular complexity index is 908. The fourth-order valence-corrected chi connectivity index (χ4v) is 2.81. The lowest BCUT2D eigenvalue weighted by atomic mass is 10.1. The highest BCUT2D eigenvalue weighted by atomic mass is 79.9. The first-order valence-electron chi connectivity index (χ1n) is 7.31. The van der Waals surface area contributed by atoms with Gasteiger partial charge in [-0.1, -0.05) is 15.9 Å². The summed E-state index contributed by atoms with van der Waals surface area (Å²) in [5.74, 6) is -1.02. The zero-order valence-corrected chi connectivity index (χ0v) is 14.8. The predicted molar refractivity (Wildman–Crippen MR) is 100 cm³/mol. The molecule has 0 fully saturated rings. The lowest BCUT2D eigenvalue weighted by Gasteiger charge is -2.15. The maximum Gasteiger partial charge on any atom is 0.339 e. The van der Waals surface area contributed by atoms with E-state index in [1.54, 1.807) is 0 Å². The number of rotatable bonds is 4. The third kappa shape index (κ3) is 3.19. The van der Waals surface area contributed by atoms with E-state index in [1.807, 2.05) is 61.5 Å². The Morgan fingerprint density at radius 3 is 2.50 bits per heavy atom. The summed E-state index contributed by atoms with van der Waals surface area (Å²) in [5, 5.41) is 13.5. The molecule has 0 spiro atoms. The van der Waals surface area contributed by atoms with Crippen LogP contribution in [0.25, 0.3) is 10.9 Å². The molecule has 0 saturated heterocycles. The number of halogens is 1. The van der Waals surface area contributed by atoms with Gasteiger partial charge in [0.15, 0.2) is 0 Å². The number of pyridine rings is 1. The van der Waals surface area contributed by atoms with Crippen LogP contribution in [0.2, 0.25) is 0 Å². The van der Waals surface area contributed by atoms with Crippen molar-refractivity contribution in [2.45, 2.75) is 0 Å². The predicted octanol–water partition coefficient (Wildman–Crippen LogP) is 4.51. The first-order chi connectivity index (χ1) is 11.5. The van der Waals surface area contributed by atoms with E-state index in [-0.39, 0.29) is 5.56 Å². The van der Waals surface area contributed by atoms with Gasteiger partial charge in [0, 0.05) is 41.5 Å². The van der Waals surface area contributed by atoms with Crippen molar-refractivity contribution in [3.05, 3.63) is 58.7 Å². The Morgan fingerprint density at radius 1 is 1.17 bits per heavy atom. The SMILES string of the molecule is CN(C)c1ccc(Nc2c(C(=O)O)cnc3ccc(Br)cc23)cc1. The van der Waals surface area contributed by atoms with Gasteiger partial charge >= 0.3 is 5.97 Å². The number of carboxylic acid groups (broad SMARTS) is 1. The number of carbonyl (C=O) groups is 1. The largest absolute Gasteiger partial charge is 0.478 e. The summed E-state index contributed by atoms with van der Waals surface area (Å²) in [6.07, 6.45) is 1.38. The summed E-state index contributed by atoms with van der Waals surface area (Å²) >= 11 is 3.43. The molecule has 0 amide bonds. The van der Waals surface area contributed by atoms with E-state index in [2.05, 4.69) is 26.2 Å². The maximum atomic E-state index is 11.6. The van der Waals surface area contributed by atoms with E-state index in [0.29, 0.717) is 5.69 Å². The molecule has 0 atom stereocenters. The van der Waals surface area contributed by atoms with Crippen molar-refractivity contribution in [2.75, 3.05) is 24.3 Å². The van der Waals surface area contributed by atoms with Gasteiger partial charge in [-0.05, 0) is 42.5 Å². The number of anilines is 3. The summed E-state index contributed by atoms with van der Waals surface area (Å²) in [4.78, 5) is 17.8. The fourth-order valence-electron chi connectivity index (χ4n) is 2.45. The van der Waals surface area contributed by atoms with Gasteiger partial charge in [-0.15, -0.1) is 0 Å². The molecular weight excluding hydrogens is 370 g/mol. The third-order valence-corrected chi connectivity index (χ3v) is 4.21. The average molecular weight is 386 g/mol. The first-order valence-corrected chi connectivity index (χ1v) is 8.11. The monoisotopic (exact) mass is 385 g/mol. The Labute approximate surface area is 148 Å². The number of aromatic carboxylic acids is 1. The van der Waals surface area contributed by atoms with Gasteiger partial charge in [0.05, 0.1) is 11.2 Å². The standard InChI is InChI=1S/C18H16BrN3O2/c1-22(2)13-6-4-12(5-7-13)21-17-14-9-11(19)3-8-16(14)20-10-15(17)18(23)24/h3-10H,1-2H3,(H,20,21)(H,23,24). The molecular formula is C18H16BrN3O2. The molecule has 0 radical (unpaired) electrons. The Hall–Kier alpha value is -2.60. The van der Waals surface area contributed by atoms with Crippen molar-refractivity contribution in [3.63, 3.8) is 0 Å². The average Bonchev–Trinajstić information content (AvgIpc) is 2.55. The quantitative estimate of drug-likeness (QED) is 0.691. The number of hydrogen-bond acceptors (Lipinski definition) is 4. The summed E-state index contributed by atoms with van der Waals surface area (Å²) in [6, 6.07) is 13.4. The van der Waals surface area contributed by atoms with Gasteiger partial charge < -0.3 is 15.3 Å². The van der Waals surface area contributed by atoms with Gasteiger partial charge in [0.2, 0.25) is 0 Å². The molecule has 1 aromatic heterocycles. The molecule has 24 heavy (non-hydrogen) atoms. The molecule has 0 bridgehead atoms. The summed E-state index contributed by atoms with van der Waals surface area (Å²) in [5.41, 5.74) is 3.29. The number of benzene rings is 2. The van der Waals surface area contributed by atoms with Crippen LogP contribution in [-0.4, -0.2) is 30.2 Å². The van der Waals surface area contributed by atoms with E-state index in [4.69, 9.17) is 0 Å². The van der Waals surface area contributed by atoms with Crippen LogP contribution in [0.3, 0.4) is 0 Å². The molecule has 3 rings (SSSR count). The fraction of sp³-hybridized carbons (Fsp3) is 0.111. The van der Waals surface area contributed by atoms with E-state index in [9.17, 15) is 9.90 Å². The Morgan fingerprint density at radius 2 is 1.88 bits per heavy atom. The first kappa shape index (κ1) is 16.3. The van der Waals surface area contributed by atoms with Crippen LogP contribution in [0.5, 0.6) is 0 Å². The minimum absolute atomic E-state index is 0.136. The van der Waals surface area contributed by atoms with Crippen molar-refractivity contribution in [3.8, 4) is 0 Å². The van der Waals surface area contributed by atoms with Gasteiger partial charge in [-0.2, -0.15) is 0 Å². The van der Waals surface area contributed by atoms with E-state index < -0.39 is 5.97 Å². The molecule has 3 aromatic rings. The second-order valence-electron chi connectivity index (χ2n) is 5.58. The zero-order valence-electron chi connectivity index (χ0n) is 13.2. The van der Waals surface area contributed by atoms with Gasteiger partial charge in [0.25, 0.3) is 0 Å². The van der Waals surface area contributed by atoms with E-state index >= 15 is 0 Å². The minimum Gasteiger partial charge on any atom is -0.478 e. The van der Waals surface area contributed by atoms with Crippen molar-refractivity contribution < 1.29 is 9.90 Å². The molecule has 0 aliphatic carbocycles. The zero-order chi connectivity index (χ0) is 17.3. The second-order valence-corrected chi connectivity index (χ2v) is 6.50. The highest BCUT2D eigenvalue weighted by molar-refractivity contribution is 9.10. The highest BCUT2D eigenvalue weighted by Crippen LogP contribution is 2.31. The van der Waals surface area contributed by atoms with Crippen molar-refractivity contribution in [1.29, 1.82) is 0 Å². The molecule has 2 N–H and O–H groups in total. The van der Waals surface area contributed by atoms with Crippen LogP contribution in [0.4, 0.5) is 17.1 Å². The lowest BCUT2D eigenvalue weighted by molar-refractivity contribution is 0.0697. The number of nitrogens with zero attached hydrogens (tertiary/aromatic N) is 2. The van der Waals surface area contributed by atoms with Crippen LogP contribution in [0, 0.1) is 0 Å². The smallest absolute Gasteiger partial charge is 0.339 e. The molecule has 0 aliphatic heterocycles. The van der Waals surface area contributed by atoms with Gasteiger partial charge in [-0.25, -0.2) is 4.79 Å². The third-order valence-electron chi connectivity index (χ3n) is 3.71. The van der Waals surface area contributed by atoms with Crippen LogP contribution in [-0.2, 0) is 0 Å². The molecule has 122 valence electrons. The van der Waals surface area contributed by atoms with Crippen LogP contribution in [0.1, 0.15) is 10.4 Å². The second kappa shape index (κ2) is 6.49. The van der Waals surface area contributed by atoms with Crippen molar-refractivity contribution in [1.82, 2.24) is 4.98 Å². The topological polar surface area (TPSA) is 65.5 Å². The highest BCUT2D eigenvalue weighted by Gasteiger charge is 2.15. The number of fused-ring (bicyclic) bond motifs is 1. The van der Waals surface area contributed by atoms with Gasteiger partial charge in [-0.3, -0.25) is 4.98 Å².